The molecule has 0 saturated carbocycles. The topological polar surface area (TPSA) is 12.4 Å². The molecule has 0 unspecified atom stereocenters. The molecule has 0 spiro atoms. The number of fused-ring (bicyclic) bond motifs is 1. The fourth-order valence-corrected chi connectivity index (χ4v) is 2.24. The fraction of sp³-hybridized carbons (Fsp3) is 0.133. The molecule has 2 aromatic carbocycles. The van der Waals surface area contributed by atoms with E-state index < -0.39 is 11.6 Å². The minimum atomic E-state index is -0.844. The van der Waals surface area contributed by atoms with Gasteiger partial charge in [-0.1, -0.05) is 24.3 Å². The maximum Gasteiger partial charge on any atom is 0.160 e. The van der Waals surface area contributed by atoms with Crippen LogP contribution in [-0.2, 0) is 6.42 Å². The third-order valence-corrected chi connectivity index (χ3v) is 3.19. The van der Waals surface area contributed by atoms with Gasteiger partial charge in [0.2, 0.25) is 0 Å². The van der Waals surface area contributed by atoms with Crippen LogP contribution in [0.3, 0.4) is 0 Å². The summed E-state index contributed by atoms with van der Waals surface area (Å²) in [5, 5.41) is 0. The first-order valence-corrected chi connectivity index (χ1v) is 5.76. The molecule has 1 aliphatic rings. The van der Waals surface area contributed by atoms with Crippen LogP contribution < -0.4 is 0 Å². The smallest absolute Gasteiger partial charge is 0.160 e. The highest BCUT2D eigenvalue weighted by Gasteiger charge is 2.19. The van der Waals surface area contributed by atoms with Crippen LogP contribution in [0.25, 0.3) is 0 Å². The summed E-state index contributed by atoms with van der Waals surface area (Å²) in [5.74, 6) is -1.65. The molecule has 0 amide bonds. The largest absolute Gasteiger partial charge is 0.252 e. The van der Waals surface area contributed by atoms with E-state index in [1.807, 2.05) is 31.2 Å². The standard InChI is InChI=1S/C15H11F2N/c1-9-4-2-3-5-11(9)15-7-10-6-12(16)13(17)8-14(10)18-15/h2-6,8H,7H2,1H3. The number of aliphatic imine (C=N–C) groups is 1. The fourth-order valence-electron chi connectivity index (χ4n) is 2.24. The van der Waals surface area contributed by atoms with Gasteiger partial charge in [-0.05, 0) is 29.7 Å². The molecule has 0 N–H and O–H groups in total. The molecule has 0 fully saturated rings. The molecule has 0 aromatic heterocycles. The summed E-state index contributed by atoms with van der Waals surface area (Å²) in [6.07, 6.45) is 0.553. The summed E-state index contributed by atoms with van der Waals surface area (Å²) >= 11 is 0. The number of benzene rings is 2. The molecule has 0 atom stereocenters. The van der Waals surface area contributed by atoms with E-state index in [2.05, 4.69) is 4.99 Å². The quantitative estimate of drug-likeness (QED) is 0.719. The van der Waals surface area contributed by atoms with Crippen molar-refractivity contribution in [1.29, 1.82) is 0 Å². The van der Waals surface area contributed by atoms with Gasteiger partial charge in [0.15, 0.2) is 11.6 Å². The molecule has 18 heavy (non-hydrogen) atoms. The monoisotopic (exact) mass is 243 g/mol. The second-order valence-electron chi connectivity index (χ2n) is 4.45. The summed E-state index contributed by atoms with van der Waals surface area (Å²) in [7, 11) is 0. The summed E-state index contributed by atoms with van der Waals surface area (Å²) in [6.45, 7) is 2.00. The Morgan fingerprint density at radius 3 is 2.56 bits per heavy atom. The van der Waals surface area contributed by atoms with E-state index in [9.17, 15) is 8.78 Å². The summed E-state index contributed by atoms with van der Waals surface area (Å²) in [6, 6.07) is 10.3. The second-order valence-corrected chi connectivity index (χ2v) is 4.45. The molecular weight excluding hydrogens is 232 g/mol. The van der Waals surface area contributed by atoms with Gasteiger partial charge in [-0.15, -0.1) is 0 Å². The molecule has 3 rings (SSSR count). The van der Waals surface area contributed by atoms with Gasteiger partial charge in [-0.2, -0.15) is 0 Å². The van der Waals surface area contributed by atoms with Crippen LogP contribution in [0.2, 0.25) is 0 Å². The lowest BCUT2D eigenvalue weighted by atomic mass is 10.0. The number of aryl methyl sites for hydroxylation is 1. The van der Waals surface area contributed by atoms with Crippen LogP contribution in [0.15, 0.2) is 41.4 Å². The Morgan fingerprint density at radius 2 is 1.78 bits per heavy atom. The highest BCUT2D eigenvalue weighted by atomic mass is 19.2. The lowest BCUT2D eigenvalue weighted by Gasteiger charge is -2.03. The molecule has 0 aliphatic carbocycles. The number of nitrogens with zero attached hydrogens (tertiary/aromatic N) is 1. The van der Waals surface area contributed by atoms with Gasteiger partial charge in [-0.3, -0.25) is 4.99 Å². The summed E-state index contributed by atoms with van der Waals surface area (Å²) < 4.78 is 26.3. The van der Waals surface area contributed by atoms with E-state index in [0.717, 1.165) is 28.5 Å². The van der Waals surface area contributed by atoms with Crippen LogP contribution in [0, 0.1) is 18.6 Å². The van der Waals surface area contributed by atoms with Crippen molar-refractivity contribution in [2.24, 2.45) is 4.99 Å². The molecule has 2 aromatic rings. The first-order chi connectivity index (χ1) is 8.65. The molecule has 90 valence electrons. The Bertz CT molecular complexity index is 660. The van der Waals surface area contributed by atoms with E-state index in [1.54, 1.807) is 0 Å². The number of rotatable bonds is 1. The molecule has 1 heterocycles. The van der Waals surface area contributed by atoms with E-state index in [0.29, 0.717) is 12.1 Å². The molecular formula is C15H11F2N. The average Bonchev–Trinajstić information content (AvgIpc) is 2.73. The first kappa shape index (κ1) is 11.1. The van der Waals surface area contributed by atoms with Gasteiger partial charge in [0, 0.05) is 12.5 Å². The maximum atomic E-state index is 13.2. The first-order valence-electron chi connectivity index (χ1n) is 5.76. The summed E-state index contributed by atoms with van der Waals surface area (Å²) in [4.78, 5) is 4.39. The van der Waals surface area contributed by atoms with Crippen molar-refractivity contribution in [3.05, 3.63) is 64.7 Å². The lowest BCUT2D eigenvalue weighted by molar-refractivity contribution is 0.508. The third-order valence-electron chi connectivity index (χ3n) is 3.19. The van der Waals surface area contributed by atoms with E-state index in [-0.39, 0.29) is 0 Å². The van der Waals surface area contributed by atoms with E-state index in [1.165, 1.54) is 6.07 Å². The molecule has 3 heteroatoms. The molecule has 1 nitrogen and oxygen atoms in total. The minimum absolute atomic E-state index is 0.534. The zero-order valence-corrected chi connectivity index (χ0v) is 9.87. The summed E-state index contributed by atoms with van der Waals surface area (Å²) in [5.41, 5.74) is 4.30. The predicted molar refractivity (Wildman–Crippen MR) is 67.4 cm³/mol. The van der Waals surface area contributed by atoms with Gasteiger partial charge >= 0.3 is 0 Å². The molecule has 0 bridgehead atoms. The van der Waals surface area contributed by atoms with Crippen LogP contribution in [0.5, 0.6) is 0 Å². The number of hydrogen-bond donors (Lipinski definition) is 0. The Kier molecular flexibility index (Phi) is 2.47. The van der Waals surface area contributed by atoms with Gasteiger partial charge in [0.1, 0.15) is 0 Å². The predicted octanol–water partition coefficient (Wildman–Crippen LogP) is 3.95. The van der Waals surface area contributed by atoms with Crippen molar-refractivity contribution in [3.8, 4) is 0 Å². The van der Waals surface area contributed by atoms with E-state index in [4.69, 9.17) is 0 Å². The Balaban J connectivity index is 2.06. The van der Waals surface area contributed by atoms with Crippen molar-refractivity contribution < 1.29 is 8.78 Å². The Hall–Kier alpha value is -2.03. The van der Waals surface area contributed by atoms with Gasteiger partial charge in [-0.25, -0.2) is 8.78 Å². The zero-order chi connectivity index (χ0) is 12.7. The van der Waals surface area contributed by atoms with Crippen molar-refractivity contribution in [2.75, 3.05) is 0 Å². The zero-order valence-electron chi connectivity index (χ0n) is 9.87. The van der Waals surface area contributed by atoms with Crippen molar-refractivity contribution >= 4 is 11.4 Å². The van der Waals surface area contributed by atoms with Crippen molar-refractivity contribution in [3.63, 3.8) is 0 Å². The molecule has 0 radical (unpaired) electrons. The van der Waals surface area contributed by atoms with Crippen LogP contribution in [0.4, 0.5) is 14.5 Å². The highest BCUT2D eigenvalue weighted by Crippen LogP contribution is 2.31. The van der Waals surface area contributed by atoms with Gasteiger partial charge in [0.05, 0.1) is 11.4 Å². The van der Waals surface area contributed by atoms with Crippen LogP contribution in [-0.4, -0.2) is 5.71 Å². The molecule has 1 aliphatic heterocycles. The van der Waals surface area contributed by atoms with Gasteiger partial charge in [0.25, 0.3) is 0 Å². The van der Waals surface area contributed by atoms with Crippen LogP contribution >= 0.6 is 0 Å². The SMILES string of the molecule is Cc1ccccc1C1=Nc2cc(F)c(F)cc2C1. The average molecular weight is 243 g/mol. The van der Waals surface area contributed by atoms with Gasteiger partial charge < -0.3 is 0 Å². The minimum Gasteiger partial charge on any atom is -0.252 e. The highest BCUT2D eigenvalue weighted by molar-refractivity contribution is 6.07. The maximum absolute atomic E-state index is 13.2. The second kappa shape index (κ2) is 4.02. The number of hydrogen-bond acceptors (Lipinski definition) is 1. The number of halogens is 2. The normalized spacial score (nSPS) is 13.4. The van der Waals surface area contributed by atoms with Crippen molar-refractivity contribution in [2.45, 2.75) is 13.3 Å². The van der Waals surface area contributed by atoms with Crippen molar-refractivity contribution in [1.82, 2.24) is 0 Å². The van der Waals surface area contributed by atoms with E-state index >= 15 is 0 Å². The Labute approximate surface area is 104 Å². The molecule has 0 saturated heterocycles. The van der Waals surface area contributed by atoms with Crippen LogP contribution in [0.1, 0.15) is 16.7 Å². The third kappa shape index (κ3) is 1.72. The lowest BCUT2D eigenvalue weighted by Crippen LogP contribution is -2.02. The Morgan fingerprint density at radius 1 is 1.06 bits per heavy atom.